The highest BCUT2D eigenvalue weighted by Gasteiger charge is 2.17. The van der Waals surface area contributed by atoms with E-state index >= 15 is 0 Å². The van der Waals surface area contributed by atoms with Gasteiger partial charge in [-0.1, -0.05) is 38.3 Å². The molecule has 0 saturated heterocycles. The second kappa shape index (κ2) is 13.4. The molecule has 0 aliphatic rings. The highest BCUT2D eigenvalue weighted by Crippen LogP contribution is 2.26. The summed E-state index contributed by atoms with van der Waals surface area (Å²) in [6.45, 7) is 1.14. The van der Waals surface area contributed by atoms with Gasteiger partial charge in [0.15, 0.2) is 5.76 Å². The Hall–Kier alpha value is -2.98. The van der Waals surface area contributed by atoms with Gasteiger partial charge in [0, 0.05) is 12.0 Å². The third-order valence-electron chi connectivity index (χ3n) is 4.61. The van der Waals surface area contributed by atoms with Crippen LogP contribution in [0.25, 0.3) is 11.3 Å². The van der Waals surface area contributed by atoms with Crippen LogP contribution in [0.2, 0.25) is 0 Å². The number of nitrogens with one attached hydrogen (secondary N) is 2. The number of hydrogen-bond donors (Lipinski definition) is 3. The molecule has 10 heteroatoms. The van der Waals surface area contributed by atoms with E-state index in [9.17, 15) is 18.4 Å². The molecule has 8 nitrogen and oxygen atoms in total. The van der Waals surface area contributed by atoms with Gasteiger partial charge < -0.3 is 24.6 Å². The van der Waals surface area contributed by atoms with Gasteiger partial charge in [0.05, 0.1) is 13.3 Å². The van der Waals surface area contributed by atoms with Gasteiger partial charge in [-0.05, 0) is 30.7 Å². The average Bonchev–Trinajstić information content (AvgIpc) is 3.28. The number of furan rings is 1. The third kappa shape index (κ3) is 8.27. The van der Waals surface area contributed by atoms with E-state index in [0.29, 0.717) is 17.7 Å². The zero-order chi connectivity index (χ0) is 23.3. The normalized spacial score (nSPS) is 10.9. The Kier molecular flexibility index (Phi) is 10.6. The summed E-state index contributed by atoms with van der Waals surface area (Å²) in [6.07, 6.45) is 1.53. The molecular weight excluding hydrogens is 424 g/mol. The van der Waals surface area contributed by atoms with E-state index in [1.807, 2.05) is 5.48 Å². The van der Waals surface area contributed by atoms with Crippen LogP contribution in [0.15, 0.2) is 40.8 Å². The predicted octanol–water partition coefficient (Wildman–Crippen LogP) is 4.01. The lowest BCUT2D eigenvalue weighted by Gasteiger charge is -2.22. The van der Waals surface area contributed by atoms with Gasteiger partial charge in [-0.2, -0.15) is 5.48 Å². The van der Waals surface area contributed by atoms with Crippen molar-refractivity contribution in [1.82, 2.24) is 15.7 Å². The minimum Gasteiger partial charge on any atom is -0.488 e. The lowest BCUT2D eigenvalue weighted by Crippen LogP contribution is -2.45. The maximum Gasteiger partial charge on any atom is 0.288 e. The van der Waals surface area contributed by atoms with Gasteiger partial charge in [0.25, 0.3) is 12.3 Å². The van der Waals surface area contributed by atoms with Crippen molar-refractivity contribution in [1.29, 1.82) is 0 Å². The molecule has 0 atom stereocenters. The number of carbonyl (C=O) groups is 2. The summed E-state index contributed by atoms with van der Waals surface area (Å²) in [5.41, 5.74) is 2.49. The van der Waals surface area contributed by atoms with Gasteiger partial charge in [-0.3, -0.25) is 9.59 Å². The summed E-state index contributed by atoms with van der Waals surface area (Å²) in [7, 11) is 0. The van der Waals surface area contributed by atoms with Gasteiger partial charge in [-0.15, -0.1) is 0 Å². The highest BCUT2D eigenvalue weighted by molar-refractivity contribution is 5.92. The van der Waals surface area contributed by atoms with Gasteiger partial charge >= 0.3 is 0 Å². The highest BCUT2D eigenvalue weighted by atomic mass is 19.3. The van der Waals surface area contributed by atoms with E-state index in [1.54, 1.807) is 24.3 Å². The molecule has 32 heavy (non-hydrogen) atoms. The summed E-state index contributed by atoms with van der Waals surface area (Å²) in [5, 5.41) is 11.6. The maximum atomic E-state index is 12.4. The number of hydroxylamine groups is 1. The molecule has 0 spiro atoms. The van der Waals surface area contributed by atoms with Crippen molar-refractivity contribution in [2.75, 3.05) is 19.9 Å². The molecule has 0 bridgehead atoms. The molecule has 0 fully saturated rings. The molecule has 0 aliphatic carbocycles. The van der Waals surface area contributed by atoms with Crippen LogP contribution >= 0.6 is 0 Å². The monoisotopic (exact) mass is 453 g/mol. The zero-order valence-electron chi connectivity index (χ0n) is 18.0. The Balaban J connectivity index is 1.93. The molecular formula is C22H29F2N3O5. The topological polar surface area (TPSA) is 104 Å². The van der Waals surface area contributed by atoms with Crippen LogP contribution in [-0.2, 0) is 4.79 Å². The molecule has 2 rings (SSSR count). The second-order valence-corrected chi connectivity index (χ2v) is 7.12. The lowest BCUT2D eigenvalue weighted by atomic mass is 10.1. The van der Waals surface area contributed by atoms with Crippen molar-refractivity contribution < 1.29 is 32.7 Å². The number of ether oxygens (including phenoxy) is 1. The zero-order valence-corrected chi connectivity index (χ0v) is 18.0. The van der Waals surface area contributed by atoms with Gasteiger partial charge in [0.1, 0.15) is 18.1 Å². The summed E-state index contributed by atoms with van der Waals surface area (Å²) < 4.78 is 35.2. The van der Waals surface area contributed by atoms with E-state index in [4.69, 9.17) is 14.4 Å². The van der Waals surface area contributed by atoms with Crippen molar-refractivity contribution >= 4 is 11.8 Å². The Bertz CT molecular complexity index is 860. The third-order valence-corrected chi connectivity index (χ3v) is 4.61. The number of halogens is 2. The summed E-state index contributed by atoms with van der Waals surface area (Å²) in [5.74, 6) is -0.0914. The average molecular weight is 453 g/mol. The fraction of sp³-hybridized carbons (Fsp3) is 0.455. The number of hydrogen-bond acceptors (Lipinski definition) is 6. The van der Waals surface area contributed by atoms with Crippen LogP contribution in [0.1, 0.15) is 49.6 Å². The minimum absolute atomic E-state index is 0.0196. The number of nitrogens with zero attached hydrogens (tertiary/aromatic N) is 1. The Morgan fingerprint density at radius 2 is 1.97 bits per heavy atom. The van der Waals surface area contributed by atoms with E-state index in [-0.39, 0.29) is 30.8 Å². The van der Waals surface area contributed by atoms with Crippen molar-refractivity contribution in [3.63, 3.8) is 0 Å². The fourth-order valence-electron chi connectivity index (χ4n) is 2.95. The molecule has 0 saturated carbocycles. The molecule has 2 aromatic rings. The second-order valence-electron chi connectivity index (χ2n) is 7.12. The Morgan fingerprint density at radius 1 is 1.16 bits per heavy atom. The maximum absolute atomic E-state index is 12.4. The van der Waals surface area contributed by atoms with Crippen LogP contribution in [0.3, 0.4) is 0 Å². The first-order chi connectivity index (χ1) is 15.4. The molecule has 1 heterocycles. The number of amides is 2. The number of carbonyl (C=O) groups excluding carboxylic acids is 2. The molecule has 1 aromatic carbocycles. The minimum atomic E-state index is -2.58. The number of unbranched alkanes of at least 4 members (excludes halogenated alkanes) is 3. The molecule has 3 N–H and O–H groups in total. The predicted molar refractivity (Wildman–Crippen MR) is 113 cm³/mol. The summed E-state index contributed by atoms with van der Waals surface area (Å²) >= 11 is 0. The summed E-state index contributed by atoms with van der Waals surface area (Å²) in [6, 6.07) is 9.46. The van der Waals surface area contributed by atoms with Gasteiger partial charge in [0.2, 0.25) is 5.91 Å². The SMILES string of the molecule is CCCCCCC(=O)N(CNO)CNC(=O)c1ccc(-c2cccc(OCC(F)F)c2)o1. The molecule has 0 radical (unpaired) electrons. The lowest BCUT2D eigenvalue weighted by molar-refractivity contribution is -0.133. The van der Waals surface area contributed by atoms with Crippen molar-refractivity contribution in [3.8, 4) is 17.1 Å². The fourth-order valence-corrected chi connectivity index (χ4v) is 2.95. The van der Waals surface area contributed by atoms with Crippen LogP contribution in [0.4, 0.5) is 8.78 Å². The molecule has 176 valence electrons. The van der Waals surface area contributed by atoms with E-state index in [0.717, 1.165) is 25.7 Å². The van der Waals surface area contributed by atoms with E-state index in [1.165, 1.54) is 17.0 Å². The number of rotatable bonds is 14. The largest absolute Gasteiger partial charge is 0.488 e. The molecule has 2 amide bonds. The summed E-state index contributed by atoms with van der Waals surface area (Å²) in [4.78, 5) is 26.0. The van der Waals surface area contributed by atoms with Crippen molar-refractivity contribution in [2.45, 2.75) is 45.5 Å². The molecule has 0 aliphatic heterocycles. The van der Waals surface area contributed by atoms with Crippen LogP contribution in [0.5, 0.6) is 5.75 Å². The first-order valence-corrected chi connectivity index (χ1v) is 10.5. The molecule has 1 aromatic heterocycles. The number of alkyl halides is 2. The quantitative estimate of drug-likeness (QED) is 0.227. The van der Waals surface area contributed by atoms with Crippen LogP contribution < -0.4 is 15.5 Å². The standard InChI is InChI=1S/C22H29F2N3O5/c1-2-3-4-5-9-21(28)27(15-26-30)14-25-22(29)19-11-10-18(32-19)16-7-6-8-17(12-16)31-13-20(23)24/h6-8,10-12,20,26,30H,2-5,9,13-15H2,1H3,(H,25,29). The first-order valence-electron chi connectivity index (χ1n) is 10.5. The van der Waals surface area contributed by atoms with Crippen molar-refractivity contribution in [3.05, 3.63) is 42.2 Å². The van der Waals surface area contributed by atoms with Gasteiger partial charge in [-0.25, -0.2) is 8.78 Å². The van der Waals surface area contributed by atoms with Crippen molar-refractivity contribution in [2.24, 2.45) is 0 Å². The van der Waals surface area contributed by atoms with E-state index in [2.05, 4.69) is 12.2 Å². The van der Waals surface area contributed by atoms with E-state index < -0.39 is 18.9 Å². The van der Waals surface area contributed by atoms with Crippen LogP contribution in [0, 0.1) is 0 Å². The Labute approximate surface area is 185 Å². The molecule has 0 unspecified atom stereocenters. The number of benzene rings is 1. The van der Waals surface area contributed by atoms with Crippen LogP contribution in [-0.4, -0.2) is 48.3 Å². The Morgan fingerprint density at radius 3 is 2.69 bits per heavy atom. The first kappa shape index (κ1) is 25.3. The smallest absolute Gasteiger partial charge is 0.288 e.